The quantitative estimate of drug-likeness (QED) is 0.560. The summed E-state index contributed by atoms with van der Waals surface area (Å²) in [4.78, 5) is 0. The molecule has 0 rings (SSSR count). The van der Waals surface area contributed by atoms with Crippen LogP contribution in [-0.4, -0.2) is 10.7 Å². The molecule has 0 aliphatic rings. The lowest BCUT2D eigenvalue weighted by Crippen LogP contribution is -2.29. The van der Waals surface area contributed by atoms with Crippen LogP contribution in [0.3, 0.4) is 0 Å². The minimum absolute atomic E-state index is 0.462. The molecule has 1 atom stereocenters. The maximum Gasteiger partial charge on any atom is 0.00961 e. The van der Waals surface area contributed by atoms with Gasteiger partial charge in [0.05, 0.1) is 0 Å². The summed E-state index contributed by atoms with van der Waals surface area (Å²) < 4.78 is 0. The highest BCUT2D eigenvalue weighted by Crippen LogP contribution is 2.37. The second-order valence-electron chi connectivity index (χ2n) is 5.08. The van der Waals surface area contributed by atoms with Gasteiger partial charge >= 0.3 is 0 Å². The predicted molar refractivity (Wildman–Crippen MR) is 73.5 cm³/mol. The Morgan fingerprint density at radius 1 is 1.00 bits per heavy atom. The van der Waals surface area contributed by atoms with Gasteiger partial charge in [0.25, 0.3) is 0 Å². The van der Waals surface area contributed by atoms with E-state index in [-0.39, 0.29) is 0 Å². The molecule has 0 saturated heterocycles. The molecule has 0 spiro atoms. The van der Waals surface area contributed by atoms with Crippen molar-refractivity contribution in [1.29, 1.82) is 0 Å². The van der Waals surface area contributed by atoms with Gasteiger partial charge in [-0.25, -0.2) is 0 Å². The predicted octanol–water partition coefficient (Wildman–Crippen LogP) is 5.24. The molecule has 0 heterocycles. The second-order valence-corrected chi connectivity index (χ2v) is 6.20. The number of hydrogen-bond donors (Lipinski definition) is 0. The molecular weight excluding hydrogens is 304 g/mol. The molecule has 0 N–H and O–H groups in total. The Bertz CT molecular complexity index is 139. The molecule has 14 heavy (non-hydrogen) atoms. The minimum Gasteiger partial charge on any atom is -0.0922 e. The van der Waals surface area contributed by atoms with Gasteiger partial charge in [-0.15, -0.1) is 0 Å². The smallest absolute Gasteiger partial charge is 0.00961 e. The highest BCUT2D eigenvalue weighted by Gasteiger charge is 2.30. The summed E-state index contributed by atoms with van der Waals surface area (Å²) in [7, 11) is 0. The molecule has 0 fully saturated rings. The van der Waals surface area contributed by atoms with Crippen molar-refractivity contribution in [2.75, 3.05) is 10.7 Å². The van der Waals surface area contributed by atoms with Gasteiger partial charge < -0.3 is 0 Å². The van der Waals surface area contributed by atoms with Gasteiger partial charge in [0.2, 0.25) is 0 Å². The van der Waals surface area contributed by atoms with E-state index in [9.17, 15) is 0 Å². The minimum atomic E-state index is 0.462. The molecule has 0 aromatic carbocycles. The van der Waals surface area contributed by atoms with E-state index in [1.807, 2.05) is 0 Å². The molecule has 0 saturated carbocycles. The van der Waals surface area contributed by atoms with E-state index in [4.69, 9.17) is 0 Å². The fourth-order valence-corrected chi connectivity index (χ4v) is 3.93. The fourth-order valence-electron chi connectivity index (χ4n) is 2.09. The van der Waals surface area contributed by atoms with Crippen molar-refractivity contribution in [3.8, 4) is 0 Å². The maximum absolute atomic E-state index is 3.69. The van der Waals surface area contributed by atoms with E-state index < -0.39 is 0 Å². The monoisotopic (exact) mass is 326 g/mol. The SMILES string of the molecule is CCC(C)CC(CBr)(CBr)CC(C)C. The van der Waals surface area contributed by atoms with Crippen LogP contribution >= 0.6 is 31.9 Å². The number of rotatable bonds is 7. The van der Waals surface area contributed by atoms with Gasteiger partial charge in [0, 0.05) is 10.7 Å². The Morgan fingerprint density at radius 3 is 1.79 bits per heavy atom. The van der Waals surface area contributed by atoms with Crippen molar-refractivity contribution < 1.29 is 0 Å². The van der Waals surface area contributed by atoms with Crippen LogP contribution in [0.2, 0.25) is 0 Å². The molecule has 0 nitrogen and oxygen atoms in total. The van der Waals surface area contributed by atoms with Crippen LogP contribution < -0.4 is 0 Å². The van der Waals surface area contributed by atoms with E-state index in [0.717, 1.165) is 22.5 Å². The van der Waals surface area contributed by atoms with E-state index in [2.05, 4.69) is 59.6 Å². The first kappa shape index (κ1) is 15.0. The fraction of sp³-hybridized carbons (Fsp3) is 1.00. The summed E-state index contributed by atoms with van der Waals surface area (Å²) >= 11 is 7.38. The Kier molecular flexibility index (Phi) is 7.77. The van der Waals surface area contributed by atoms with Crippen LogP contribution in [0.15, 0.2) is 0 Å². The lowest BCUT2D eigenvalue weighted by Gasteiger charge is -2.34. The first-order valence-electron chi connectivity index (χ1n) is 5.61. The molecular formula is C12H24Br2. The molecule has 86 valence electrons. The van der Waals surface area contributed by atoms with E-state index in [1.54, 1.807) is 0 Å². The molecule has 2 heteroatoms. The van der Waals surface area contributed by atoms with Crippen molar-refractivity contribution in [2.45, 2.75) is 47.0 Å². The zero-order valence-electron chi connectivity index (χ0n) is 9.95. The van der Waals surface area contributed by atoms with Crippen LogP contribution in [-0.2, 0) is 0 Å². The van der Waals surface area contributed by atoms with Gasteiger partial charge in [0.1, 0.15) is 0 Å². The molecule has 0 bridgehead atoms. The Balaban J connectivity index is 4.36. The van der Waals surface area contributed by atoms with Crippen LogP contribution in [0, 0.1) is 17.3 Å². The first-order valence-corrected chi connectivity index (χ1v) is 7.86. The molecule has 0 aromatic rings. The highest BCUT2D eigenvalue weighted by molar-refractivity contribution is 9.09. The maximum atomic E-state index is 3.69. The molecule has 0 amide bonds. The van der Waals surface area contributed by atoms with Crippen molar-refractivity contribution in [1.82, 2.24) is 0 Å². The first-order chi connectivity index (χ1) is 6.49. The van der Waals surface area contributed by atoms with E-state index in [0.29, 0.717) is 5.41 Å². The highest BCUT2D eigenvalue weighted by atomic mass is 79.9. The van der Waals surface area contributed by atoms with Gasteiger partial charge in [-0.05, 0) is 30.1 Å². The number of alkyl halides is 2. The Labute approximate surface area is 106 Å². The summed E-state index contributed by atoms with van der Waals surface area (Å²) in [5.74, 6) is 1.62. The average molecular weight is 328 g/mol. The summed E-state index contributed by atoms with van der Waals surface area (Å²) in [6, 6.07) is 0. The van der Waals surface area contributed by atoms with Gasteiger partial charge in [-0.1, -0.05) is 66.0 Å². The van der Waals surface area contributed by atoms with Crippen LogP contribution in [0.1, 0.15) is 47.0 Å². The molecule has 0 aliphatic heterocycles. The average Bonchev–Trinajstić information content (AvgIpc) is 2.15. The summed E-state index contributed by atoms with van der Waals surface area (Å²) in [6.45, 7) is 9.28. The third-order valence-corrected chi connectivity index (χ3v) is 5.27. The Hall–Kier alpha value is 0.960. The van der Waals surface area contributed by atoms with Gasteiger partial charge in [0.15, 0.2) is 0 Å². The van der Waals surface area contributed by atoms with Gasteiger partial charge in [-0.3, -0.25) is 0 Å². The third-order valence-electron chi connectivity index (χ3n) is 2.89. The van der Waals surface area contributed by atoms with Crippen molar-refractivity contribution >= 4 is 31.9 Å². The van der Waals surface area contributed by atoms with Crippen molar-refractivity contribution in [3.05, 3.63) is 0 Å². The lowest BCUT2D eigenvalue weighted by atomic mass is 9.76. The summed E-state index contributed by atoms with van der Waals surface area (Å²) in [5, 5.41) is 2.24. The zero-order valence-corrected chi connectivity index (χ0v) is 13.1. The van der Waals surface area contributed by atoms with E-state index >= 15 is 0 Å². The molecule has 0 aliphatic carbocycles. The topological polar surface area (TPSA) is 0 Å². The molecule has 0 aromatic heterocycles. The molecule has 0 radical (unpaired) electrons. The summed E-state index contributed by atoms with van der Waals surface area (Å²) in [5.41, 5.74) is 0.462. The molecule has 1 unspecified atom stereocenters. The van der Waals surface area contributed by atoms with Crippen molar-refractivity contribution in [2.24, 2.45) is 17.3 Å². The zero-order chi connectivity index (χ0) is 11.2. The van der Waals surface area contributed by atoms with E-state index in [1.165, 1.54) is 19.3 Å². The van der Waals surface area contributed by atoms with Crippen LogP contribution in [0.4, 0.5) is 0 Å². The third kappa shape index (κ3) is 5.16. The number of hydrogen-bond acceptors (Lipinski definition) is 0. The van der Waals surface area contributed by atoms with Gasteiger partial charge in [-0.2, -0.15) is 0 Å². The largest absolute Gasteiger partial charge is 0.0922 e. The van der Waals surface area contributed by atoms with Crippen LogP contribution in [0.5, 0.6) is 0 Å². The van der Waals surface area contributed by atoms with Crippen LogP contribution in [0.25, 0.3) is 0 Å². The normalized spacial score (nSPS) is 14.8. The standard InChI is InChI=1S/C12H24Br2/c1-5-11(4)7-12(8-13,9-14)6-10(2)3/h10-11H,5-9H2,1-4H3. The second kappa shape index (κ2) is 7.27. The Morgan fingerprint density at radius 2 is 1.50 bits per heavy atom. The van der Waals surface area contributed by atoms with Crippen molar-refractivity contribution in [3.63, 3.8) is 0 Å². The lowest BCUT2D eigenvalue weighted by molar-refractivity contribution is 0.239. The number of halogens is 2. The summed E-state index contributed by atoms with van der Waals surface area (Å²) in [6.07, 6.45) is 3.94.